The van der Waals surface area contributed by atoms with E-state index in [-0.39, 0.29) is 35.7 Å². The summed E-state index contributed by atoms with van der Waals surface area (Å²) in [6.07, 6.45) is -13.5. The van der Waals surface area contributed by atoms with Crippen molar-refractivity contribution >= 4 is 11.8 Å². The number of aliphatic hydroxyl groups excluding tert-OH is 10. The van der Waals surface area contributed by atoms with E-state index in [1.807, 2.05) is 18.2 Å². The van der Waals surface area contributed by atoms with E-state index in [4.69, 9.17) is 10.2 Å². The standard InChI is InChI=1S/C44H65N5O14/c1-26-15-29(37(56)31(17-26)43(62)45-19-33(52)39(58)41(60)35(54)24-50)22-48-10-6-9-47(21-28-7-4-3-5-8-28)11-13-49(14-12-48)23-30-16-27(2)18-32(38(30)57)44(63)46-20-34(53)40(59)42(61)36(55)25-51/h3-5,7-8,15-18,33-36,39-42,50-61H,6,9-14,19-25H2,1-2H3,(H,45,62)(H,46,63). The van der Waals surface area contributed by atoms with Crippen molar-refractivity contribution < 1.29 is 70.9 Å². The summed E-state index contributed by atoms with van der Waals surface area (Å²) in [6.45, 7) is 5.58. The second-order valence-corrected chi connectivity index (χ2v) is 16.3. The summed E-state index contributed by atoms with van der Waals surface area (Å²) in [5.41, 5.74) is 3.26. The van der Waals surface area contributed by atoms with Crippen LogP contribution in [0.5, 0.6) is 11.5 Å². The van der Waals surface area contributed by atoms with Crippen LogP contribution in [0, 0.1) is 13.8 Å². The Bertz CT molecular complexity index is 1910. The highest BCUT2D eigenvalue weighted by atomic mass is 16.4. The third kappa shape index (κ3) is 14.9. The fraction of sp³-hybridized carbons (Fsp3) is 0.545. The van der Waals surface area contributed by atoms with Gasteiger partial charge < -0.3 is 71.9 Å². The first-order valence-corrected chi connectivity index (χ1v) is 21.0. The van der Waals surface area contributed by atoms with Gasteiger partial charge in [-0.25, -0.2) is 0 Å². The number of carbonyl (C=O) groups excluding carboxylic acids is 2. The SMILES string of the molecule is Cc1cc(CN2CCCN(Cc3ccccc3)CCN(Cc3cc(C)cc(C(=O)NCC(O)C(O)C(O)C(O)CO)c3O)CC2)c(O)c(C(=O)NCC(O)C(O)C(O)C(O)CO)c1. The molecule has 19 nitrogen and oxygen atoms in total. The molecule has 1 aliphatic heterocycles. The first-order chi connectivity index (χ1) is 29.9. The van der Waals surface area contributed by atoms with E-state index in [2.05, 4.69) is 37.5 Å². The van der Waals surface area contributed by atoms with Gasteiger partial charge in [-0.1, -0.05) is 42.5 Å². The van der Waals surface area contributed by atoms with Gasteiger partial charge >= 0.3 is 0 Å². The molecule has 0 spiro atoms. The molecular weight excluding hydrogens is 823 g/mol. The summed E-state index contributed by atoms with van der Waals surface area (Å²) in [6, 6.07) is 16.5. The van der Waals surface area contributed by atoms with E-state index in [0.29, 0.717) is 61.5 Å². The zero-order chi connectivity index (χ0) is 46.4. The van der Waals surface area contributed by atoms with Gasteiger partial charge in [-0.05, 0) is 62.2 Å². The number of aliphatic hydroxyl groups is 10. The lowest BCUT2D eigenvalue weighted by Crippen LogP contribution is -2.49. The van der Waals surface area contributed by atoms with Gasteiger partial charge in [0, 0.05) is 70.0 Å². The Kier molecular flexibility index (Phi) is 20.1. The van der Waals surface area contributed by atoms with Crippen molar-refractivity contribution in [2.75, 3.05) is 65.6 Å². The maximum Gasteiger partial charge on any atom is 0.255 e. The number of benzene rings is 3. The largest absolute Gasteiger partial charge is 0.507 e. The number of aryl methyl sites for hydroxylation is 2. The average Bonchev–Trinajstić information content (AvgIpc) is 3.28. The van der Waals surface area contributed by atoms with Gasteiger partial charge in [0.2, 0.25) is 0 Å². The van der Waals surface area contributed by atoms with Crippen LogP contribution in [0.3, 0.4) is 0 Å². The van der Waals surface area contributed by atoms with E-state index in [1.54, 1.807) is 26.0 Å². The van der Waals surface area contributed by atoms with Crippen molar-refractivity contribution in [1.82, 2.24) is 25.3 Å². The van der Waals surface area contributed by atoms with Crippen molar-refractivity contribution in [2.24, 2.45) is 0 Å². The smallest absolute Gasteiger partial charge is 0.255 e. The Morgan fingerprint density at radius 2 is 0.905 bits per heavy atom. The lowest BCUT2D eigenvalue weighted by molar-refractivity contribution is -0.113. The molecule has 1 saturated heterocycles. The average molecular weight is 888 g/mol. The fourth-order valence-electron chi connectivity index (χ4n) is 7.46. The number of aromatic hydroxyl groups is 2. The molecule has 0 aliphatic carbocycles. The van der Waals surface area contributed by atoms with Crippen LogP contribution in [-0.2, 0) is 19.6 Å². The van der Waals surface area contributed by atoms with Crippen molar-refractivity contribution in [3.63, 3.8) is 0 Å². The Morgan fingerprint density at radius 3 is 1.30 bits per heavy atom. The van der Waals surface area contributed by atoms with Crippen molar-refractivity contribution in [2.45, 2.75) is 88.7 Å². The fourth-order valence-corrected chi connectivity index (χ4v) is 7.46. The summed E-state index contributed by atoms with van der Waals surface area (Å²) < 4.78 is 0. The van der Waals surface area contributed by atoms with Crippen molar-refractivity contribution in [3.05, 3.63) is 93.5 Å². The highest BCUT2D eigenvalue weighted by molar-refractivity contribution is 5.98. The Labute approximate surface area is 366 Å². The van der Waals surface area contributed by atoms with E-state index in [9.17, 15) is 60.7 Å². The molecule has 14 N–H and O–H groups in total. The number of hydrogen-bond acceptors (Lipinski definition) is 17. The molecule has 0 saturated carbocycles. The van der Waals surface area contributed by atoms with Crippen LogP contribution >= 0.6 is 0 Å². The van der Waals surface area contributed by atoms with E-state index in [0.717, 1.165) is 18.5 Å². The maximum atomic E-state index is 13.3. The van der Waals surface area contributed by atoms with E-state index in [1.165, 1.54) is 12.1 Å². The molecule has 3 aromatic carbocycles. The van der Waals surface area contributed by atoms with Crippen LogP contribution in [0.15, 0.2) is 54.6 Å². The lowest BCUT2D eigenvalue weighted by Gasteiger charge is -2.33. The maximum absolute atomic E-state index is 13.3. The molecule has 0 aromatic heterocycles. The number of amides is 2. The molecule has 2 amide bonds. The zero-order valence-corrected chi connectivity index (χ0v) is 35.7. The first-order valence-electron chi connectivity index (χ1n) is 21.0. The van der Waals surface area contributed by atoms with Gasteiger partial charge in [0.05, 0.1) is 36.5 Å². The molecule has 0 bridgehead atoms. The Balaban J connectivity index is 1.53. The third-order valence-electron chi connectivity index (χ3n) is 11.2. The number of rotatable bonds is 20. The molecule has 3 aromatic rings. The molecule has 1 aliphatic rings. The normalized spacial score (nSPS) is 18.7. The van der Waals surface area contributed by atoms with Crippen LogP contribution in [0.25, 0.3) is 0 Å². The summed E-state index contributed by atoms with van der Waals surface area (Å²) >= 11 is 0. The quantitative estimate of drug-likeness (QED) is 0.0547. The van der Waals surface area contributed by atoms with Crippen molar-refractivity contribution in [1.29, 1.82) is 0 Å². The van der Waals surface area contributed by atoms with Crippen LogP contribution in [0.2, 0.25) is 0 Å². The molecule has 350 valence electrons. The lowest BCUT2D eigenvalue weighted by atomic mass is 10.0. The van der Waals surface area contributed by atoms with Crippen LogP contribution in [0.4, 0.5) is 0 Å². The second kappa shape index (κ2) is 24.7. The highest BCUT2D eigenvalue weighted by Gasteiger charge is 2.32. The predicted molar refractivity (Wildman–Crippen MR) is 229 cm³/mol. The number of carbonyl (C=O) groups is 2. The number of phenolic OH excluding ortho intramolecular Hbond substituents is 2. The van der Waals surface area contributed by atoms with Crippen LogP contribution in [0.1, 0.15) is 55.0 Å². The molecule has 19 heteroatoms. The Morgan fingerprint density at radius 1 is 0.540 bits per heavy atom. The van der Waals surface area contributed by atoms with Gasteiger partial charge in [0.1, 0.15) is 48.1 Å². The molecule has 1 heterocycles. The minimum Gasteiger partial charge on any atom is -0.507 e. The number of hydrogen-bond donors (Lipinski definition) is 14. The Hall–Kier alpha value is -4.32. The molecule has 8 unspecified atom stereocenters. The predicted octanol–water partition coefficient (Wildman–Crippen LogP) is -2.74. The molecule has 4 rings (SSSR count). The van der Waals surface area contributed by atoms with Crippen molar-refractivity contribution in [3.8, 4) is 11.5 Å². The van der Waals surface area contributed by atoms with E-state index >= 15 is 0 Å². The number of nitrogens with one attached hydrogen (secondary N) is 2. The molecule has 63 heavy (non-hydrogen) atoms. The molecule has 8 atom stereocenters. The minimum atomic E-state index is -1.88. The molecule has 0 radical (unpaired) electrons. The van der Waals surface area contributed by atoms with Crippen LogP contribution < -0.4 is 10.6 Å². The first kappa shape index (κ1) is 51.3. The summed E-state index contributed by atoms with van der Waals surface area (Å²) in [4.78, 5) is 33.2. The highest BCUT2D eigenvalue weighted by Crippen LogP contribution is 2.28. The van der Waals surface area contributed by atoms with Gasteiger partial charge in [-0.15, -0.1) is 0 Å². The number of nitrogens with zero attached hydrogens (tertiary/aromatic N) is 3. The summed E-state index contributed by atoms with van der Waals surface area (Å²) in [5.74, 6) is -2.06. The topological polar surface area (TPSA) is 311 Å². The van der Waals surface area contributed by atoms with Gasteiger partial charge in [0.25, 0.3) is 11.8 Å². The molecule has 1 fully saturated rings. The monoisotopic (exact) mass is 887 g/mol. The second-order valence-electron chi connectivity index (χ2n) is 16.3. The van der Waals surface area contributed by atoms with Gasteiger partial charge in [0.15, 0.2) is 0 Å². The van der Waals surface area contributed by atoms with Crippen LogP contribution in [-0.4, -0.2) is 202 Å². The summed E-state index contributed by atoms with van der Waals surface area (Å²) in [5, 5.41) is 126. The van der Waals surface area contributed by atoms with Gasteiger partial charge in [-0.2, -0.15) is 0 Å². The van der Waals surface area contributed by atoms with Gasteiger partial charge in [-0.3, -0.25) is 24.3 Å². The minimum absolute atomic E-state index is 0.0714. The summed E-state index contributed by atoms with van der Waals surface area (Å²) in [7, 11) is 0. The molecular formula is C44H65N5O14. The van der Waals surface area contributed by atoms with E-state index < -0.39 is 86.9 Å². The third-order valence-corrected chi connectivity index (χ3v) is 11.2. The zero-order valence-electron chi connectivity index (χ0n) is 35.7. The number of phenols is 2.